The zero-order chi connectivity index (χ0) is 17.2. The Hall–Kier alpha value is -2.44. The van der Waals surface area contributed by atoms with Crippen molar-refractivity contribution >= 4 is 5.91 Å². The van der Waals surface area contributed by atoms with Gasteiger partial charge in [0.2, 0.25) is 5.88 Å². The maximum absolute atomic E-state index is 12.5. The van der Waals surface area contributed by atoms with Gasteiger partial charge in [-0.15, -0.1) is 10.2 Å². The first kappa shape index (κ1) is 16.1. The van der Waals surface area contributed by atoms with Gasteiger partial charge in [0.15, 0.2) is 5.69 Å². The number of carbonyl (C=O) groups is 1. The smallest absolute Gasteiger partial charge is 0.272 e. The Balaban J connectivity index is 1.50. The van der Waals surface area contributed by atoms with E-state index in [2.05, 4.69) is 26.4 Å². The number of carbonyl (C=O) groups excluding carboxylic acids is 1. The molecule has 2 aromatic heterocycles. The number of nitrogens with zero attached hydrogens (tertiary/aromatic N) is 4. The topological polar surface area (TPSA) is 81.9 Å². The fourth-order valence-corrected chi connectivity index (χ4v) is 3.84. The lowest BCUT2D eigenvalue weighted by atomic mass is 9.93. The lowest BCUT2D eigenvalue weighted by Gasteiger charge is -2.22. The van der Waals surface area contributed by atoms with Crippen LogP contribution in [0.2, 0.25) is 0 Å². The van der Waals surface area contributed by atoms with Crippen LogP contribution in [0, 0.1) is 0 Å². The van der Waals surface area contributed by atoms with E-state index in [9.17, 15) is 4.79 Å². The van der Waals surface area contributed by atoms with Crippen molar-refractivity contribution in [2.75, 3.05) is 7.11 Å². The summed E-state index contributed by atoms with van der Waals surface area (Å²) in [5.41, 5.74) is 2.58. The van der Waals surface area contributed by atoms with Gasteiger partial charge in [-0.2, -0.15) is 5.10 Å². The van der Waals surface area contributed by atoms with Crippen LogP contribution in [0.15, 0.2) is 18.3 Å². The number of nitrogens with one attached hydrogen (secondary N) is 1. The van der Waals surface area contributed by atoms with Crippen molar-refractivity contribution < 1.29 is 9.53 Å². The first-order valence-electron chi connectivity index (χ1n) is 9.01. The standard InChI is InChI=1S/C18H23N5O2/c1-25-16-10-9-15(20-21-16)18(24)19-14-8-4-5-12-11-23(22-17(12)14)13-6-2-3-7-13/h9-11,13-14H,2-8H2,1H3,(H,19,24). The van der Waals surface area contributed by atoms with Gasteiger partial charge in [0.25, 0.3) is 5.91 Å². The molecule has 1 N–H and O–H groups in total. The molecule has 0 saturated heterocycles. The molecule has 1 fully saturated rings. The predicted octanol–water partition coefficient (Wildman–Crippen LogP) is 2.60. The van der Waals surface area contributed by atoms with Gasteiger partial charge in [-0.25, -0.2) is 0 Å². The molecule has 0 bridgehead atoms. The Labute approximate surface area is 146 Å². The highest BCUT2D eigenvalue weighted by atomic mass is 16.5. The molecule has 0 aliphatic heterocycles. The Bertz CT molecular complexity index is 749. The summed E-state index contributed by atoms with van der Waals surface area (Å²) in [6.07, 6.45) is 10.2. The second-order valence-electron chi connectivity index (χ2n) is 6.84. The third kappa shape index (κ3) is 3.23. The number of aryl methyl sites for hydroxylation is 1. The number of methoxy groups -OCH3 is 1. The summed E-state index contributed by atoms with van der Waals surface area (Å²) in [5, 5.41) is 15.7. The molecule has 0 spiro atoms. The van der Waals surface area contributed by atoms with Crippen LogP contribution in [0.1, 0.15) is 72.4 Å². The summed E-state index contributed by atoms with van der Waals surface area (Å²) in [5.74, 6) is 0.176. The summed E-state index contributed by atoms with van der Waals surface area (Å²) in [7, 11) is 1.52. The van der Waals surface area contributed by atoms with Crippen molar-refractivity contribution in [1.82, 2.24) is 25.3 Å². The minimum Gasteiger partial charge on any atom is -0.480 e. The second kappa shape index (κ2) is 6.82. The average molecular weight is 341 g/mol. The lowest BCUT2D eigenvalue weighted by molar-refractivity contribution is 0.0925. The summed E-state index contributed by atoms with van der Waals surface area (Å²) in [6.45, 7) is 0. The average Bonchev–Trinajstić information content (AvgIpc) is 3.31. The fourth-order valence-electron chi connectivity index (χ4n) is 3.84. The van der Waals surface area contributed by atoms with Crippen LogP contribution in [0.4, 0.5) is 0 Å². The molecule has 7 heteroatoms. The molecule has 1 amide bonds. The summed E-state index contributed by atoms with van der Waals surface area (Å²) < 4.78 is 7.11. The number of rotatable bonds is 4. The van der Waals surface area contributed by atoms with Gasteiger partial charge in [0.05, 0.1) is 24.9 Å². The molecule has 0 aromatic carbocycles. The van der Waals surface area contributed by atoms with E-state index in [0.717, 1.165) is 25.0 Å². The number of aromatic nitrogens is 4. The van der Waals surface area contributed by atoms with E-state index in [0.29, 0.717) is 17.6 Å². The Morgan fingerprint density at radius 3 is 2.76 bits per heavy atom. The van der Waals surface area contributed by atoms with Gasteiger partial charge in [-0.05, 0) is 43.7 Å². The Morgan fingerprint density at radius 1 is 1.20 bits per heavy atom. The van der Waals surface area contributed by atoms with Crippen LogP contribution in [0.5, 0.6) is 5.88 Å². The molecular weight excluding hydrogens is 318 g/mol. The molecule has 25 heavy (non-hydrogen) atoms. The monoisotopic (exact) mass is 341 g/mol. The first-order chi connectivity index (χ1) is 12.2. The third-order valence-corrected chi connectivity index (χ3v) is 5.20. The van der Waals surface area contributed by atoms with Gasteiger partial charge in [-0.3, -0.25) is 9.48 Å². The third-order valence-electron chi connectivity index (χ3n) is 5.20. The highest BCUT2D eigenvalue weighted by Crippen LogP contribution is 2.33. The Kier molecular flexibility index (Phi) is 4.38. The van der Waals surface area contributed by atoms with E-state index >= 15 is 0 Å². The quantitative estimate of drug-likeness (QED) is 0.924. The van der Waals surface area contributed by atoms with E-state index in [4.69, 9.17) is 9.84 Å². The van der Waals surface area contributed by atoms with Crippen molar-refractivity contribution in [3.63, 3.8) is 0 Å². The highest BCUT2D eigenvalue weighted by Gasteiger charge is 2.28. The fraction of sp³-hybridized carbons (Fsp3) is 0.556. The van der Waals surface area contributed by atoms with Gasteiger partial charge in [0.1, 0.15) is 0 Å². The highest BCUT2D eigenvalue weighted by molar-refractivity contribution is 5.92. The lowest BCUT2D eigenvalue weighted by Crippen LogP contribution is -2.31. The maximum Gasteiger partial charge on any atom is 0.272 e. The van der Waals surface area contributed by atoms with E-state index < -0.39 is 0 Å². The van der Waals surface area contributed by atoms with E-state index in [1.165, 1.54) is 38.4 Å². The molecule has 132 valence electrons. The van der Waals surface area contributed by atoms with Crippen LogP contribution >= 0.6 is 0 Å². The molecule has 1 saturated carbocycles. The van der Waals surface area contributed by atoms with Gasteiger partial charge in [0, 0.05) is 12.3 Å². The van der Waals surface area contributed by atoms with Crippen LogP contribution < -0.4 is 10.1 Å². The molecule has 7 nitrogen and oxygen atoms in total. The van der Waals surface area contributed by atoms with Gasteiger partial charge < -0.3 is 10.1 Å². The number of amides is 1. The van der Waals surface area contributed by atoms with Crippen molar-refractivity contribution in [3.05, 3.63) is 35.3 Å². The van der Waals surface area contributed by atoms with Crippen molar-refractivity contribution in [2.45, 2.75) is 57.0 Å². The van der Waals surface area contributed by atoms with Crippen LogP contribution in [-0.2, 0) is 6.42 Å². The Morgan fingerprint density at radius 2 is 2.04 bits per heavy atom. The van der Waals surface area contributed by atoms with Crippen molar-refractivity contribution in [3.8, 4) is 5.88 Å². The SMILES string of the molecule is COc1ccc(C(=O)NC2CCCc3cn(C4CCCC4)nc32)nn1. The van der Waals surface area contributed by atoms with Crippen molar-refractivity contribution in [2.24, 2.45) is 0 Å². The summed E-state index contributed by atoms with van der Waals surface area (Å²) in [4.78, 5) is 12.5. The predicted molar refractivity (Wildman–Crippen MR) is 91.5 cm³/mol. The first-order valence-corrected chi connectivity index (χ1v) is 9.01. The molecule has 1 atom stereocenters. The normalized spacial score (nSPS) is 20.3. The minimum atomic E-state index is -0.219. The molecule has 2 aliphatic carbocycles. The van der Waals surface area contributed by atoms with Gasteiger partial charge >= 0.3 is 0 Å². The largest absolute Gasteiger partial charge is 0.480 e. The minimum absolute atomic E-state index is 0.0530. The van der Waals surface area contributed by atoms with Crippen LogP contribution in [0.3, 0.4) is 0 Å². The van der Waals surface area contributed by atoms with Crippen LogP contribution in [0.25, 0.3) is 0 Å². The molecule has 2 aliphatic rings. The number of hydrogen-bond donors (Lipinski definition) is 1. The van der Waals surface area contributed by atoms with E-state index in [1.54, 1.807) is 12.1 Å². The van der Waals surface area contributed by atoms with E-state index in [-0.39, 0.29) is 11.9 Å². The van der Waals surface area contributed by atoms with Crippen molar-refractivity contribution in [1.29, 1.82) is 0 Å². The molecule has 2 aromatic rings. The molecule has 4 rings (SSSR count). The van der Waals surface area contributed by atoms with Crippen LogP contribution in [-0.4, -0.2) is 33.0 Å². The number of ether oxygens (including phenoxy) is 1. The summed E-state index contributed by atoms with van der Waals surface area (Å²) in [6, 6.07) is 3.74. The molecular formula is C18H23N5O2. The number of hydrogen-bond acceptors (Lipinski definition) is 5. The molecule has 0 radical (unpaired) electrons. The summed E-state index contributed by atoms with van der Waals surface area (Å²) >= 11 is 0. The van der Waals surface area contributed by atoms with E-state index in [1.807, 2.05) is 0 Å². The molecule has 2 heterocycles. The van der Waals surface area contributed by atoms with Gasteiger partial charge in [-0.1, -0.05) is 12.8 Å². The second-order valence-corrected chi connectivity index (χ2v) is 6.84. The zero-order valence-corrected chi connectivity index (χ0v) is 14.4. The zero-order valence-electron chi connectivity index (χ0n) is 14.4. The molecule has 1 unspecified atom stereocenters. The maximum atomic E-state index is 12.5. The number of fused-ring (bicyclic) bond motifs is 1.